The van der Waals surface area contributed by atoms with Crippen molar-refractivity contribution in [3.05, 3.63) is 29.3 Å². The summed E-state index contributed by atoms with van der Waals surface area (Å²) in [5, 5.41) is 4.18. The van der Waals surface area contributed by atoms with Crippen LogP contribution in [0, 0.1) is 0 Å². The highest BCUT2D eigenvalue weighted by Gasteiger charge is 2.06. The van der Waals surface area contributed by atoms with Gasteiger partial charge in [0, 0.05) is 16.7 Å². The average molecular weight is 244 g/mol. The lowest BCUT2D eigenvalue weighted by molar-refractivity contribution is 0.565. The third kappa shape index (κ3) is 4.45. The molecule has 0 heterocycles. The molecule has 84 valence electrons. The van der Waals surface area contributed by atoms with Crippen LogP contribution in [0.2, 0.25) is 5.02 Å². The second-order valence-corrected chi connectivity index (χ2v) is 4.98. The van der Waals surface area contributed by atoms with E-state index in [-0.39, 0.29) is 0 Å². The summed E-state index contributed by atoms with van der Waals surface area (Å²) < 4.78 is 0. The summed E-state index contributed by atoms with van der Waals surface area (Å²) in [4.78, 5) is 1.18. The zero-order valence-corrected chi connectivity index (χ0v) is 10.9. The highest BCUT2D eigenvalue weighted by molar-refractivity contribution is 7.99. The van der Waals surface area contributed by atoms with Crippen molar-refractivity contribution < 1.29 is 0 Å². The number of hydrogen-bond donors (Lipinski definition) is 1. The third-order valence-electron chi connectivity index (χ3n) is 2.32. The minimum Gasteiger partial charge on any atom is -0.316 e. The van der Waals surface area contributed by atoms with Crippen molar-refractivity contribution >= 4 is 23.4 Å². The molecule has 0 radical (unpaired) electrons. The highest BCUT2D eigenvalue weighted by atomic mass is 35.5. The minimum absolute atomic E-state index is 0.580. The normalized spacial score (nSPS) is 12.7. The predicted octanol–water partition coefficient (Wildman–Crippen LogP) is 3.82. The summed E-state index contributed by atoms with van der Waals surface area (Å²) in [6.07, 6.45) is 2.43. The first-order valence-electron chi connectivity index (χ1n) is 5.32. The van der Waals surface area contributed by atoms with Crippen molar-refractivity contribution in [2.75, 3.05) is 12.8 Å². The molecule has 15 heavy (non-hydrogen) atoms. The predicted molar refractivity (Wildman–Crippen MR) is 69.9 cm³/mol. The van der Waals surface area contributed by atoms with Crippen molar-refractivity contribution in [1.82, 2.24) is 5.32 Å². The maximum Gasteiger partial charge on any atom is 0.0541 e. The van der Waals surface area contributed by atoms with Gasteiger partial charge in [-0.1, -0.05) is 37.1 Å². The Morgan fingerprint density at radius 2 is 2.13 bits per heavy atom. The van der Waals surface area contributed by atoms with Crippen LogP contribution >= 0.6 is 23.4 Å². The Kier molecular flexibility index (Phi) is 6.15. The molecular weight excluding hydrogens is 226 g/mol. The van der Waals surface area contributed by atoms with Gasteiger partial charge in [-0.25, -0.2) is 0 Å². The van der Waals surface area contributed by atoms with Gasteiger partial charge in [0.2, 0.25) is 0 Å². The molecule has 1 rings (SSSR count). The van der Waals surface area contributed by atoms with E-state index in [0.29, 0.717) is 6.04 Å². The Morgan fingerprint density at radius 1 is 1.40 bits per heavy atom. The van der Waals surface area contributed by atoms with Crippen molar-refractivity contribution in [2.24, 2.45) is 0 Å². The fourth-order valence-corrected chi connectivity index (χ4v) is 2.81. The first-order valence-corrected chi connectivity index (χ1v) is 6.68. The molecule has 3 heteroatoms. The van der Waals surface area contributed by atoms with Gasteiger partial charge in [0.15, 0.2) is 0 Å². The molecule has 1 N–H and O–H groups in total. The molecule has 0 aromatic heterocycles. The first-order chi connectivity index (χ1) is 7.27. The minimum atomic E-state index is 0.580. The Morgan fingerprint density at radius 3 is 2.73 bits per heavy atom. The molecule has 0 saturated carbocycles. The molecule has 0 bridgehead atoms. The van der Waals surface area contributed by atoms with Gasteiger partial charge in [0.1, 0.15) is 0 Å². The fraction of sp³-hybridized carbons (Fsp3) is 0.500. The summed E-state index contributed by atoms with van der Waals surface area (Å²) in [5.74, 6) is 1.08. The van der Waals surface area contributed by atoms with E-state index >= 15 is 0 Å². The lowest BCUT2D eigenvalue weighted by atomic mass is 10.2. The van der Waals surface area contributed by atoms with E-state index in [1.54, 1.807) is 0 Å². The molecular formula is C12H18ClNS. The topological polar surface area (TPSA) is 12.0 Å². The monoisotopic (exact) mass is 243 g/mol. The maximum absolute atomic E-state index is 6.09. The second-order valence-electron chi connectivity index (χ2n) is 3.52. The maximum atomic E-state index is 6.09. The standard InChI is InChI=1S/C12H18ClNS/c1-3-6-10(14-2)9-15-12-8-5-4-7-11(12)13/h4-5,7-8,10,14H,3,6,9H2,1-2H3. The van der Waals surface area contributed by atoms with Crippen LogP contribution in [0.5, 0.6) is 0 Å². The van der Waals surface area contributed by atoms with Gasteiger partial charge in [-0.3, -0.25) is 0 Å². The molecule has 0 fully saturated rings. The summed E-state index contributed by atoms with van der Waals surface area (Å²) in [6.45, 7) is 2.21. The SMILES string of the molecule is CCCC(CSc1ccccc1Cl)NC. The summed E-state index contributed by atoms with van der Waals surface area (Å²) in [5.41, 5.74) is 0. The van der Waals surface area contributed by atoms with Crippen molar-refractivity contribution in [3.63, 3.8) is 0 Å². The van der Waals surface area contributed by atoms with Crippen LogP contribution in [0.15, 0.2) is 29.2 Å². The lowest BCUT2D eigenvalue weighted by Gasteiger charge is -2.14. The molecule has 1 unspecified atom stereocenters. The first kappa shape index (κ1) is 12.9. The van der Waals surface area contributed by atoms with Gasteiger partial charge in [-0.05, 0) is 25.6 Å². The third-order valence-corrected chi connectivity index (χ3v) is 4.00. The quantitative estimate of drug-likeness (QED) is 0.763. The van der Waals surface area contributed by atoms with Crippen LogP contribution < -0.4 is 5.32 Å². The number of thioether (sulfide) groups is 1. The van der Waals surface area contributed by atoms with Crippen molar-refractivity contribution in [3.8, 4) is 0 Å². The Hall–Kier alpha value is -0.180. The number of benzene rings is 1. The largest absolute Gasteiger partial charge is 0.316 e. The highest BCUT2D eigenvalue weighted by Crippen LogP contribution is 2.27. The van der Waals surface area contributed by atoms with Crippen molar-refractivity contribution in [1.29, 1.82) is 0 Å². The molecule has 1 aromatic rings. The van der Waals surface area contributed by atoms with Gasteiger partial charge in [-0.2, -0.15) is 0 Å². The molecule has 0 amide bonds. The van der Waals surface area contributed by atoms with E-state index in [4.69, 9.17) is 11.6 Å². The molecule has 0 aliphatic heterocycles. The lowest BCUT2D eigenvalue weighted by Crippen LogP contribution is -2.27. The Labute approximate surface area is 102 Å². The van der Waals surface area contributed by atoms with E-state index < -0.39 is 0 Å². The van der Waals surface area contributed by atoms with Gasteiger partial charge in [0.05, 0.1) is 5.02 Å². The zero-order valence-electron chi connectivity index (χ0n) is 9.29. The molecule has 1 nitrogen and oxygen atoms in total. The molecule has 1 atom stereocenters. The van der Waals surface area contributed by atoms with Crippen LogP contribution in [0.25, 0.3) is 0 Å². The number of nitrogens with one attached hydrogen (secondary N) is 1. The van der Waals surface area contributed by atoms with Crippen LogP contribution in [0.3, 0.4) is 0 Å². The summed E-state index contributed by atoms with van der Waals surface area (Å²) in [6, 6.07) is 8.59. The molecule has 0 saturated heterocycles. The Bertz CT molecular complexity index is 291. The van der Waals surface area contributed by atoms with Gasteiger partial charge >= 0.3 is 0 Å². The molecule has 0 aliphatic rings. The molecule has 0 spiro atoms. The summed E-state index contributed by atoms with van der Waals surface area (Å²) >= 11 is 7.91. The van der Waals surface area contributed by atoms with Crippen LogP contribution in [0.4, 0.5) is 0 Å². The van der Waals surface area contributed by atoms with E-state index in [1.165, 1.54) is 17.7 Å². The van der Waals surface area contributed by atoms with E-state index in [9.17, 15) is 0 Å². The van der Waals surface area contributed by atoms with Crippen LogP contribution in [0.1, 0.15) is 19.8 Å². The van der Waals surface area contributed by atoms with E-state index in [1.807, 2.05) is 37.0 Å². The molecule has 0 aliphatic carbocycles. The van der Waals surface area contributed by atoms with Gasteiger partial charge < -0.3 is 5.32 Å². The van der Waals surface area contributed by atoms with Gasteiger partial charge in [0.25, 0.3) is 0 Å². The van der Waals surface area contributed by atoms with E-state index in [0.717, 1.165) is 10.8 Å². The number of hydrogen-bond acceptors (Lipinski definition) is 2. The van der Waals surface area contributed by atoms with E-state index in [2.05, 4.69) is 18.3 Å². The van der Waals surface area contributed by atoms with Crippen LogP contribution in [-0.4, -0.2) is 18.8 Å². The average Bonchev–Trinajstić information content (AvgIpc) is 2.26. The Balaban J connectivity index is 2.45. The van der Waals surface area contributed by atoms with Gasteiger partial charge in [-0.15, -0.1) is 11.8 Å². The fourth-order valence-electron chi connectivity index (χ4n) is 1.41. The molecule has 1 aromatic carbocycles. The number of rotatable bonds is 6. The van der Waals surface area contributed by atoms with Crippen molar-refractivity contribution in [2.45, 2.75) is 30.7 Å². The smallest absolute Gasteiger partial charge is 0.0541 e. The number of halogens is 1. The van der Waals surface area contributed by atoms with Crippen LogP contribution in [-0.2, 0) is 0 Å². The second kappa shape index (κ2) is 7.15. The summed E-state index contributed by atoms with van der Waals surface area (Å²) in [7, 11) is 2.02. The zero-order chi connectivity index (χ0) is 11.1.